The monoisotopic (exact) mass is 388 g/mol. The molecular formula is C20H24N2O4S. The highest BCUT2D eigenvalue weighted by atomic mass is 32.2. The molecule has 2 aromatic carbocycles. The minimum absolute atomic E-state index is 0.155. The van der Waals surface area contributed by atoms with Gasteiger partial charge in [0.25, 0.3) is 0 Å². The molecule has 7 heteroatoms. The number of benzene rings is 2. The van der Waals surface area contributed by atoms with Crippen molar-refractivity contribution in [3.8, 4) is 0 Å². The van der Waals surface area contributed by atoms with E-state index >= 15 is 0 Å². The SMILES string of the molecule is CS(=O)(=O)NC1COCC(N2c3ccccc3CCc3ccccc32)C1O. The molecule has 1 saturated heterocycles. The van der Waals surface area contributed by atoms with Gasteiger partial charge in [0.05, 0.1) is 37.7 Å². The van der Waals surface area contributed by atoms with E-state index in [0.29, 0.717) is 6.61 Å². The Morgan fingerprint density at radius 1 is 1.00 bits per heavy atom. The van der Waals surface area contributed by atoms with Gasteiger partial charge in [-0.15, -0.1) is 0 Å². The van der Waals surface area contributed by atoms with Gasteiger partial charge in [-0.05, 0) is 36.1 Å². The molecule has 0 bridgehead atoms. The van der Waals surface area contributed by atoms with E-state index in [1.165, 1.54) is 11.1 Å². The van der Waals surface area contributed by atoms with Crippen LogP contribution in [0.5, 0.6) is 0 Å². The molecule has 3 atom stereocenters. The van der Waals surface area contributed by atoms with Crippen LogP contribution in [0.4, 0.5) is 11.4 Å². The smallest absolute Gasteiger partial charge is 0.209 e. The molecule has 2 heterocycles. The fourth-order valence-corrected chi connectivity index (χ4v) is 4.82. The zero-order valence-electron chi connectivity index (χ0n) is 15.2. The number of para-hydroxylation sites is 2. The first kappa shape index (κ1) is 18.4. The van der Waals surface area contributed by atoms with Crippen molar-refractivity contribution in [2.75, 3.05) is 24.4 Å². The average molecular weight is 388 g/mol. The Morgan fingerprint density at radius 2 is 1.56 bits per heavy atom. The summed E-state index contributed by atoms with van der Waals surface area (Å²) in [6, 6.07) is 15.3. The molecule has 3 unspecified atom stereocenters. The zero-order chi connectivity index (χ0) is 19.0. The van der Waals surface area contributed by atoms with Crippen LogP contribution in [0.1, 0.15) is 11.1 Å². The van der Waals surface area contributed by atoms with Crippen LogP contribution in [0.15, 0.2) is 48.5 Å². The number of rotatable bonds is 3. The summed E-state index contributed by atoms with van der Waals surface area (Å²) in [5.41, 5.74) is 4.49. The van der Waals surface area contributed by atoms with E-state index in [2.05, 4.69) is 33.9 Å². The fourth-order valence-electron chi connectivity index (χ4n) is 4.06. The molecule has 0 radical (unpaired) electrons. The molecule has 27 heavy (non-hydrogen) atoms. The Balaban J connectivity index is 1.78. The van der Waals surface area contributed by atoms with Gasteiger partial charge in [0, 0.05) is 11.4 Å². The first-order valence-corrected chi connectivity index (χ1v) is 11.0. The lowest BCUT2D eigenvalue weighted by Gasteiger charge is -2.42. The Morgan fingerprint density at radius 3 is 2.11 bits per heavy atom. The second kappa shape index (κ2) is 7.24. The van der Waals surface area contributed by atoms with Crippen molar-refractivity contribution < 1.29 is 18.3 Å². The van der Waals surface area contributed by atoms with Crippen LogP contribution in [0.3, 0.4) is 0 Å². The normalized spacial score (nSPS) is 25.4. The topological polar surface area (TPSA) is 78.9 Å². The van der Waals surface area contributed by atoms with Crippen molar-refractivity contribution in [3.63, 3.8) is 0 Å². The number of hydrogen-bond acceptors (Lipinski definition) is 5. The van der Waals surface area contributed by atoms with Crippen LogP contribution >= 0.6 is 0 Å². The van der Waals surface area contributed by atoms with Gasteiger partial charge in [-0.3, -0.25) is 0 Å². The molecule has 0 saturated carbocycles. The van der Waals surface area contributed by atoms with Crippen LogP contribution in [-0.4, -0.2) is 51.2 Å². The van der Waals surface area contributed by atoms with E-state index in [1.807, 2.05) is 24.3 Å². The van der Waals surface area contributed by atoms with Gasteiger partial charge in [0.2, 0.25) is 10.0 Å². The van der Waals surface area contributed by atoms with Crippen molar-refractivity contribution in [1.29, 1.82) is 0 Å². The minimum atomic E-state index is -3.45. The van der Waals surface area contributed by atoms with Gasteiger partial charge in [0.1, 0.15) is 0 Å². The van der Waals surface area contributed by atoms with Crippen molar-refractivity contribution in [3.05, 3.63) is 59.7 Å². The Kier molecular flexibility index (Phi) is 4.94. The Hall–Kier alpha value is -1.93. The van der Waals surface area contributed by atoms with Gasteiger partial charge in [-0.2, -0.15) is 0 Å². The maximum atomic E-state index is 11.7. The molecule has 2 aliphatic heterocycles. The number of anilines is 2. The van der Waals surface area contributed by atoms with E-state index in [0.717, 1.165) is 30.5 Å². The highest BCUT2D eigenvalue weighted by Crippen LogP contribution is 2.39. The second-order valence-electron chi connectivity index (χ2n) is 7.22. The summed E-state index contributed by atoms with van der Waals surface area (Å²) in [4.78, 5) is 2.12. The van der Waals surface area contributed by atoms with E-state index in [4.69, 9.17) is 4.74 Å². The number of sulfonamides is 1. The summed E-state index contributed by atoms with van der Waals surface area (Å²) < 4.78 is 31.6. The predicted octanol–water partition coefficient (Wildman–Crippen LogP) is 1.60. The van der Waals surface area contributed by atoms with Crippen molar-refractivity contribution in [1.82, 2.24) is 4.72 Å². The van der Waals surface area contributed by atoms with Gasteiger partial charge >= 0.3 is 0 Å². The lowest BCUT2D eigenvalue weighted by Crippen LogP contribution is -2.60. The van der Waals surface area contributed by atoms with Crippen LogP contribution in [0.25, 0.3) is 0 Å². The summed E-state index contributed by atoms with van der Waals surface area (Å²) in [5.74, 6) is 0. The minimum Gasteiger partial charge on any atom is -0.389 e. The first-order chi connectivity index (χ1) is 12.9. The highest BCUT2D eigenvalue weighted by Gasteiger charge is 2.40. The Bertz CT molecular complexity index is 884. The average Bonchev–Trinajstić information content (AvgIpc) is 2.80. The molecule has 0 amide bonds. The van der Waals surface area contributed by atoms with E-state index in [1.54, 1.807) is 0 Å². The highest BCUT2D eigenvalue weighted by molar-refractivity contribution is 7.88. The summed E-state index contributed by atoms with van der Waals surface area (Å²) in [5, 5.41) is 11.0. The molecule has 0 aliphatic carbocycles. The molecule has 0 spiro atoms. The van der Waals surface area contributed by atoms with Gasteiger partial charge in [-0.25, -0.2) is 13.1 Å². The molecular weight excluding hydrogens is 364 g/mol. The predicted molar refractivity (Wildman–Crippen MR) is 105 cm³/mol. The summed E-state index contributed by atoms with van der Waals surface area (Å²) in [7, 11) is -3.45. The molecule has 1 fully saturated rings. The van der Waals surface area contributed by atoms with Gasteiger partial charge in [-0.1, -0.05) is 36.4 Å². The van der Waals surface area contributed by atoms with Gasteiger partial charge in [0.15, 0.2) is 0 Å². The maximum Gasteiger partial charge on any atom is 0.209 e. The molecule has 2 aliphatic rings. The molecule has 2 N–H and O–H groups in total. The summed E-state index contributed by atoms with van der Waals surface area (Å²) >= 11 is 0. The molecule has 144 valence electrons. The van der Waals surface area contributed by atoms with Crippen molar-refractivity contribution >= 4 is 21.4 Å². The maximum absolute atomic E-state index is 11.7. The third-order valence-corrected chi connectivity index (χ3v) is 5.99. The number of nitrogens with zero attached hydrogens (tertiary/aromatic N) is 1. The fraction of sp³-hybridized carbons (Fsp3) is 0.400. The Labute approximate surface area is 159 Å². The summed E-state index contributed by atoms with van der Waals surface area (Å²) in [6.07, 6.45) is 2.03. The van der Waals surface area contributed by atoms with E-state index in [-0.39, 0.29) is 6.61 Å². The third kappa shape index (κ3) is 3.73. The number of aliphatic hydroxyl groups excluding tert-OH is 1. The number of fused-ring (bicyclic) bond motifs is 2. The van der Waals surface area contributed by atoms with Gasteiger partial charge < -0.3 is 14.7 Å². The van der Waals surface area contributed by atoms with Crippen LogP contribution in [0.2, 0.25) is 0 Å². The zero-order valence-corrected chi connectivity index (χ0v) is 16.0. The number of ether oxygens (including phenoxy) is 1. The van der Waals surface area contributed by atoms with Crippen LogP contribution < -0.4 is 9.62 Å². The quantitative estimate of drug-likeness (QED) is 0.835. The largest absolute Gasteiger partial charge is 0.389 e. The number of aryl methyl sites for hydroxylation is 2. The van der Waals surface area contributed by atoms with Crippen LogP contribution in [-0.2, 0) is 27.6 Å². The molecule has 6 nitrogen and oxygen atoms in total. The molecule has 2 aromatic rings. The number of nitrogens with one attached hydrogen (secondary N) is 1. The standard InChI is InChI=1S/C20H24N2O4S/c1-27(24,25)21-16-12-26-13-19(20(16)23)22-17-8-4-2-6-14(17)10-11-15-7-3-5-9-18(15)22/h2-9,16,19-21,23H,10-13H2,1H3. The molecule has 4 rings (SSSR count). The molecule has 0 aromatic heterocycles. The second-order valence-corrected chi connectivity index (χ2v) is 9.00. The first-order valence-electron chi connectivity index (χ1n) is 9.12. The van der Waals surface area contributed by atoms with Crippen molar-refractivity contribution in [2.45, 2.75) is 31.0 Å². The lowest BCUT2D eigenvalue weighted by atomic mass is 9.98. The van der Waals surface area contributed by atoms with Crippen LogP contribution in [0, 0.1) is 0 Å². The third-order valence-electron chi connectivity index (χ3n) is 5.26. The van der Waals surface area contributed by atoms with E-state index < -0.39 is 28.2 Å². The number of hydrogen-bond donors (Lipinski definition) is 2. The number of aliphatic hydroxyl groups is 1. The lowest BCUT2D eigenvalue weighted by molar-refractivity contribution is -0.0241. The van der Waals surface area contributed by atoms with E-state index in [9.17, 15) is 13.5 Å². The van der Waals surface area contributed by atoms with Crippen molar-refractivity contribution in [2.24, 2.45) is 0 Å². The summed E-state index contributed by atoms with van der Waals surface area (Å²) in [6.45, 7) is 0.480.